The Morgan fingerprint density at radius 2 is 2.07 bits per heavy atom. The minimum absolute atomic E-state index is 0.922. The highest BCUT2D eigenvalue weighted by Gasteiger charge is 1.94. The van der Waals surface area contributed by atoms with Gasteiger partial charge in [-0.2, -0.15) is 11.8 Å². The van der Waals surface area contributed by atoms with E-state index in [-0.39, 0.29) is 0 Å². The molecule has 0 atom stereocenters. The molecule has 0 unspecified atom stereocenters. The molecule has 0 heterocycles. The molecule has 0 amide bonds. The van der Waals surface area contributed by atoms with Crippen LogP contribution in [0.2, 0.25) is 0 Å². The molecule has 84 valence electrons. The van der Waals surface area contributed by atoms with Crippen molar-refractivity contribution in [2.24, 2.45) is 4.99 Å². The summed E-state index contributed by atoms with van der Waals surface area (Å²) in [6, 6.07) is 0. The molecule has 0 aliphatic heterocycles. The van der Waals surface area contributed by atoms with E-state index in [1.165, 1.54) is 12.8 Å². The number of nitrogens with one attached hydrogen (secondary N) is 2. The van der Waals surface area contributed by atoms with Crippen LogP contribution in [0.15, 0.2) is 4.99 Å². The number of aliphatic imine (C=N–C) groups is 1. The van der Waals surface area contributed by atoms with Gasteiger partial charge in [-0.1, -0.05) is 13.3 Å². The van der Waals surface area contributed by atoms with Gasteiger partial charge >= 0.3 is 0 Å². The summed E-state index contributed by atoms with van der Waals surface area (Å²) >= 11 is 1.84. The summed E-state index contributed by atoms with van der Waals surface area (Å²) in [5.41, 5.74) is 0. The lowest BCUT2D eigenvalue weighted by atomic mass is 10.3. The Hall–Kier alpha value is -0.380. The van der Waals surface area contributed by atoms with Crippen LogP contribution in [0, 0.1) is 0 Å². The predicted octanol–water partition coefficient (Wildman–Crippen LogP) is 1.70. The van der Waals surface area contributed by atoms with Crippen molar-refractivity contribution in [1.29, 1.82) is 0 Å². The summed E-state index contributed by atoms with van der Waals surface area (Å²) < 4.78 is 0. The molecule has 0 saturated carbocycles. The van der Waals surface area contributed by atoms with E-state index in [0.717, 1.165) is 31.3 Å². The van der Waals surface area contributed by atoms with Crippen molar-refractivity contribution in [3.05, 3.63) is 0 Å². The zero-order valence-corrected chi connectivity index (χ0v) is 10.4. The van der Waals surface area contributed by atoms with Gasteiger partial charge in [0.15, 0.2) is 5.96 Å². The molecule has 0 aromatic heterocycles. The van der Waals surface area contributed by atoms with E-state index in [0.29, 0.717) is 0 Å². The molecule has 0 spiro atoms. The third-order valence-corrected chi connectivity index (χ3v) is 2.34. The largest absolute Gasteiger partial charge is 0.357 e. The van der Waals surface area contributed by atoms with E-state index in [1.54, 1.807) is 0 Å². The van der Waals surface area contributed by atoms with E-state index in [1.807, 2.05) is 11.8 Å². The Labute approximate surface area is 92.1 Å². The van der Waals surface area contributed by atoms with Gasteiger partial charge in [0.2, 0.25) is 0 Å². The van der Waals surface area contributed by atoms with E-state index in [2.05, 4.69) is 35.7 Å². The third kappa shape index (κ3) is 8.23. The Kier molecular flexibility index (Phi) is 10.4. The number of nitrogens with zero attached hydrogens (tertiary/aromatic N) is 1. The third-order valence-electron chi connectivity index (χ3n) is 1.72. The molecular weight excluding hydrogens is 194 g/mol. The van der Waals surface area contributed by atoms with Gasteiger partial charge in [-0.05, 0) is 19.6 Å². The Balaban J connectivity index is 3.69. The van der Waals surface area contributed by atoms with Crippen LogP contribution in [-0.4, -0.2) is 37.6 Å². The quantitative estimate of drug-likeness (QED) is 0.387. The van der Waals surface area contributed by atoms with Crippen molar-refractivity contribution in [2.75, 3.05) is 31.6 Å². The number of thioether (sulfide) groups is 1. The van der Waals surface area contributed by atoms with Crippen molar-refractivity contribution < 1.29 is 0 Å². The molecule has 0 aliphatic carbocycles. The van der Waals surface area contributed by atoms with Crippen molar-refractivity contribution >= 4 is 17.7 Å². The first-order valence-electron chi connectivity index (χ1n) is 5.36. The summed E-state index contributed by atoms with van der Waals surface area (Å²) in [6.45, 7) is 7.11. The second-order valence-electron chi connectivity index (χ2n) is 3.03. The van der Waals surface area contributed by atoms with Gasteiger partial charge in [0.1, 0.15) is 0 Å². The molecule has 0 rings (SSSR count). The fourth-order valence-electron chi connectivity index (χ4n) is 0.962. The average molecular weight is 217 g/mol. The van der Waals surface area contributed by atoms with Crippen LogP contribution >= 0.6 is 11.8 Å². The monoisotopic (exact) mass is 217 g/mol. The Morgan fingerprint density at radius 1 is 1.29 bits per heavy atom. The second kappa shape index (κ2) is 10.7. The number of hydrogen-bond donors (Lipinski definition) is 2. The minimum atomic E-state index is 0.922. The first-order valence-corrected chi connectivity index (χ1v) is 6.75. The van der Waals surface area contributed by atoms with E-state index < -0.39 is 0 Å². The molecule has 0 saturated heterocycles. The van der Waals surface area contributed by atoms with Gasteiger partial charge in [0.05, 0.1) is 0 Å². The maximum atomic E-state index is 4.46. The maximum Gasteiger partial charge on any atom is 0.191 e. The maximum absolute atomic E-state index is 4.46. The molecule has 0 aromatic rings. The fraction of sp³-hybridized carbons (Fsp3) is 0.900. The average Bonchev–Trinajstić information content (AvgIpc) is 2.18. The Bertz CT molecular complexity index is 148. The van der Waals surface area contributed by atoms with Gasteiger partial charge < -0.3 is 10.6 Å². The van der Waals surface area contributed by atoms with Crippen LogP contribution in [0.4, 0.5) is 0 Å². The lowest BCUT2D eigenvalue weighted by Crippen LogP contribution is -2.38. The molecular formula is C10H23N3S. The van der Waals surface area contributed by atoms with Crippen molar-refractivity contribution in [1.82, 2.24) is 10.6 Å². The smallest absolute Gasteiger partial charge is 0.191 e. The Morgan fingerprint density at radius 3 is 2.64 bits per heavy atom. The van der Waals surface area contributed by atoms with E-state index in [4.69, 9.17) is 0 Å². The highest BCUT2D eigenvalue weighted by molar-refractivity contribution is 7.98. The zero-order valence-electron chi connectivity index (χ0n) is 9.60. The zero-order chi connectivity index (χ0) is 10.6. The van der Waals surface area contributed by atoms with E-state index in [9.17, 15) is 0 Å². The van der Waals surface area contributed by atoms with E-state index >= 15 is 0 Å². The lowest BCUT2D eigenvalue weighted by Gasteiger charge is -2.10. The SMILES string of the molecule is CCCCN=C(NCC)NCCSC. The normalized spacial score (nSPS) is 11.5. The molecule has 0 fully saturated rings. The highest BCUT2D eigenvalue weighted by atomic mass is 32.2. The standard InChI is InChI=1S/C10H23N3S/c1-4-6-7-12-10(11-5-2)13-8-9-14-3/h4-9H2,1-3H3,(H2,11,12,13). The van der Waals surface area contributed by atoms with Gasteiger partial charge in [-0.25, -0.2) is 0 Å². The van der Waals surface area contributed by atoms with Crippen LogP contribution in [0.5, 0.6) is 0 Å². The summed E-state index contributed by atoms with van der Waals surface area (Å²) in [5, 5.41) is 6.53. The minimum Gasteiger partial charge on any atom is -0.357 e. The second-order valence-corrected chi connectivity index (χ2v) is 4.02. The number of hydrogen-bond acceptors (Lipinski definition) is 2. The van der Waals surface area contributed by atoms with Crippen molar-refractivity contribution in [3.8, 4) is 0 Å². The molecule has 2 N–H and O–H groups in total. The van der Waals surface area contributed by atoms with Crippen LogP contribution in [0.3, 0.4) is 0 Å². The summed E-state index contributed by atoms with van der Waals surface area (Å²) in [5.74, 6) is 2.08. The summed E-state index contributed by atoms with van der Waals surface area (Å²) in [4.78, 5) is 4.46. The number of rotatable bonds is 7. The van der Waals surface area contributed by atoms with Crippen LogP contribution < -0.4 is 10.6 Å². The molecule has 14 heavy (non-hydrogen) atoms. The van der Waals surface area contributed by atoms with Crippen molar-refractivity contribution in [3.63, 3.8) is 0 Å². The lowest BCUT2D eigenvalue weighted by molar-refractivity contribution is 0.781. The van der Waals surface area contributed by atoms with Gasteiger partial charge in [0.25, 0.3) is 0 Å². The van der Waals surface area contributed by atoms with Gasteiger partial charge in [-0.15, -0.1) is 0 Å². The topological polar surface area (TPSA) is 36.4 Å². The first-order chi connectivity index (χ1) is 6.85. The molecule has 3 nitrogen and oxygen atoms in total. The van der Waals surface area contributed by atoms with Crippen molar-refractivity contribution in [2.45, 2.75) is 26.7 Å². The van der Waals surface area contributed by atoms with Gasteiger partial charge in [0, 0.05) is 25.4 Å². The first kappa shape index (κ1) is 13.6. The highest BCUT2D eigenvalue weighted by Crippen LogP contribution is 1.89. The number of unbranched alkanes of at least 4 members (excludes halogenated alkanes) is 1. The van der Waals surface area contributed by atoms with Gasteiger partial charge in [-0.3, -0.25) is 4.99 Å². The fourth-order valence-corrected chi connectivity index (χ4v) is 1.27. The molecule has 0 bridgehead atoms. The van der Waals surface area contributed by atoms with Crippen LogP contribution in [0.25, 0.3) is 0 Å². The predicted molar refractivity (Wildman–Crippen MR) is 67.3 cm³/mol. The molecule has 0 aromatic carbocycles. The van der Waals surface area contributed by atoms with Crippen LogP contribution in [-0.2, 0) is 0 Å². The van der Waals surface area contributed by atoms with Crippen LogP contribution in [0.1, 0.15) is 26.7 Å². The molecule has 0 aliphatic rings. The molecule has 0 radical (unpaired) electrons. The summed E-state index contributed by atoms with van der Waals surface area (Å²) in [6.07, 6.45) is 4.48. The number of guanidine groups is 1. The summed E-state index contributed by atoms with van der Waals surface area (Å²) in [7, 11) is 0. The molecule has 4 heteroatoms.